The van der Waals surface area contributed by atoms with E-state index in [1.54, 1.807) is 23.5 Å². The SMILES string of the molecule is Cc1ccsc1CNc1cccc(S(=O)(=O)N(C)C)c1N. The highest BCUT2D eigenvalue weighted by molar-refractivity contribution is 7.89. The van der Waals surface area contributed by atoms with Crippen LogP contribution in [0.4, 0.5) is 11.4 Å². The topological polar surface area (TPSA) is 75.4 Å². The number of rotatable bonds is 5. The normalized spacial score (nSPS) is 11.8. The number of nitrogens with zero attached hydrogens (tertiary/aromatic N) is 1. The van der Waals surface area contributed by atoms with Crippen LogP contribution in [0.5, 0.6) is 0 Å². The highest BCUT2D eigenvalue weighted by Gasteiger charge is 2.21. The van der Waals surface area contributed by atoms with E-state index >= 15 is 0 Å². The minimum atomic E-state index is -3.54. The molecule has 0 spiro atoms. The molecule has 1 aromatic carbocycles. The van der Waals surface area contributed by atoms with E-state index < -0.39 is 10.0 Å². The Morgan fingerprint density at radius 3 is 2.57 bits per heavy atom. The zero-order valence-corrected chi connectivity index (χ0v) is 13.9. The number of nitrogens with one attached hydrogen (secondary N) is 1. The Bertz CT molecular complexity index is 736. The molecule has 0 aliphatic rings. The van der Waals surface area contributed by atoms with E-state index in [-0.39, 0.29) is 10.6 Å². The van der Waals surface area contributed by atoms with E-state index in [0.29, 0.717) is 12.2 Å². The first-order chi connectivity index (χ1) is 9.84. The fourth-order valence-electron chi connectivity index (χ4n) is 1.88. The second-order valence-electron chi connectivity index (χ2n) is 4.89. The number of nitrogens with two attached hydrogens (primary N) is 1. The van der Waals surface area contributed by atoms with Gasteiger partial charge >= 0.3 is 0 Å². The fourth-order valence-corrected chi connectivity index (χ4v) is 3.76. The maximum absolute atomic E-state index is 12.2. The number of hydrogen-bond donors (Lipinski definition) is 2. The second kappa shape index (κ2) is 6.05. The van der Waals surface area contributed by atoms with Crippen LogP contribution in [-0.2, 0) is 16.6 Å². The number of aryl methyl sites for hydroxylation is 1. The van der Waals surface area contributed by atoms with Crippen molar-refractivity contribution in [1.29, 1.82) is 0 Å². The van der Waals surface area contributed by atoms with Crippen LogP contribution in [0.1, 0.15) is 10.4 Å². The molecular weight excluding hydrogens is 306 g/mol. The zero-order chi connectivity index (χ0) is 15.6. The third-order valence-electron chi connectivity index (χ3n) is 3.23. The predicted molar refractivity (Wildman–Crippen MR) is 88.1 cm³/mol. The lowest BCUT2D eigenvalue weighted by molar-refractivity contribution is 0.521. The summed E-state index contributed by atoms with van der Waals surface area (Å²) in [7, 11) is -0.559. The Labute approximate surface area is 129 Å². The Kier molecular flexibility index (Phi) is 4.55. The smallest absolute Gasteiger partial charge is 0.244 e. The average molecular weight is 325 g/mol. The quantitative estimate of drug-likeness (QED) is 0.828. The van der Waals surface area contributed by atoms with Gasteiger partial charge in [-0.15, -0.1) is 11.3 Å². The van der Waals surface area contributed by atoms with Crippen molar-refractivity contribution in [3.63, 3.8) is 0 Å². The molecule has 0 saturated carbocycles. The summed E-state index contributed by atoms with van der Waals surface area (Å²) in [5.41, 5.74) is 8.11. The molecule has 0 bridgehead atoms. The molecule has 2 rings (SSSR count). The Hall–Kier alpha value is -1.57. The number of hydrogen-bond acceptors (Lipinski definition) is 5. The molecule has 0 aliphatic carbocycles. The van der Waals surface area contributed by atoms with E-state index in [1.807, 2.05) is 12.3 Å². The van der Waals surface area contributed by atoms with Gasteiger partial charge in [0.05, 0.1) is 11.4 Å². The molecule has 0 unspecified atom stereocenters. The van der Waals surface area contributed by atoms with Crippen molar-refractivity contribution in [1.82, 2.24) is 4.31 Å². The van der Waals surface area contributed by atoms with E-state index in [1.165, 1.54) is 30.6 Å². The van der Waals surface area contributed by atoms with Crippen LogP contribution in [0.3, 0.4) is 0 Å². The van der Waals surface area contributed by atoms with E-state index in [9.17, 15) is 8.42 Å². The molecule has 1 heterocycles. The van der Waals surface area contributed by atoms with Gasteiger partial charge in [-0.2, -0.15) is 0 Å². The molecule has 0 aliphatic heterocycles. The van der Waals surface area contributed by atoms with Crippen molar-refractivity contribution < 1.29 is 8.42 Å². The Balaban J connectivity index is 2.29. The molecule has 7 heteroatoms. The van der Waals surface area contributed by atoms with E-state index in [0.717, 1.165) is 4.31 Å². The first-order valence-corrected chi connectivity index (χ1v) is 8.74. The molecule has 0 atom stereocenters. The van der Waals surface area contributed by atoms with Gasteiger partial charge in [-0.25, -0.2) is 12.7 Å². The predicted octanol–water partition coefficient (Wildman–Crippen LogP) is 2.50. The molecule has 5 nitrogen and oxygen atoms in total. The molecule has 0 radical (unpaired) electrons. The first-order valence-electron chi connectivity index (χ1n) is 6.42. The number of para-hydroxylation sites is 1. The third kappa shape index (κ3) is 3.20. The van der Waals surface area contributed by atoms with Crippen molar-refractivity contribution in [2.75, 3.05) is 25.1 Å². The Morgan fingerprint density at radius 1 is 1.29 bits per heavy atom. The summed E-state index contributed by atoms with van der Waals surface area (Å²) >= 11 is 1.66. The summed E-state index contributed by atoms with van der Waals surface area (Å²) in [6.07, 6.45) is 0. The monoisotopic (exact) mass is 325 g/mol. The van der Waals surface area contributed by atoms with Gasteiger partial charge in [0.15, 0.2) is 0 Å². The van der Waals surface area contributed by atoms with Gasteiger partial charge in [0.1, 0.15) is 4.90 Å². The van der Waals surface area contributed by atoms with Crippen LogP contribution in [0.15, 0.2) is 34.5 Å². The largest absolute Gasteiger partial charge is 0.396 e. The van der Waals surface area contributed by atoms with Crippen molar-refractivity contribution in [3.8, 4) is 0 Å². The fraction of sp³-hybridized carbons (Fsp3) is 0.286. The van der Waals surface area contributed by atoms with Crippen LogP contribution in [0, 0.1) is 6.92 Å². The number of anilines is 2. The van der Waals surface area contributed by atoms with Crippen LogP contribution in [-0.4, -0.2) is 26.8 Å². The highest BCUT2D eigenvalue weighted by Crippen LogP contribution is 2.29. The molecule has 1 aromatic heterocycles. The number of nitrogen functional groups attached to an aromatic ring is 1. The maximum atomic E-state index is 12.2. The minimum absolute atomic E-state index is 0.125. The number of sulfonamides is 1. The zero-order valence-electron chi connectivity index (χ0n) is 12.3. The molecule has 0 amide bonds. The average Bonchev–Trinajstić information content (AvgIpc) is 2.82. The van der Waals surface area contributed by atoms with Crippen LogP contribution in [0.25, 0.3) is 0 Å². The van der Waals surface area contributed by atoms with Crippen LogP contribution < -0.4 is 11.1 Å². The molecule has 0 fully saturated rings. The summed E-state index contributed by atoms with van der Waals surface area (Å²) in [6.45, 7) is 2.67. The lowest BCUT2D eigenvalue weighted by Crippen LogP contribution is -2.23. The molecule has 2 aromatic rings. The van der Waals surface area contributed by atoms with Crippen molar-refractivity contribution in [3.05, 3.63) is 40.1 Å². The van der Waals surface area contributed by atoms with E-state index in [2.05, 4.69) is 11.4 Å². The summed E-state index contributed by atoms with van der Waals surface area (Å²) in [5.74, 6) is 0. The van der Waals surface area contributed by atoms with Crippen molar-refractivity contribution in [2.45, 2.75) is 18.4 Å². The molecule has 3 N–H and O–H groups in total. The van der Waals surface area contributed by atoms with Crippen molar-refractivity contribution in [2.24, 2.45) is 0 Å². The number of thiophene rings is 1. The molecule has 114 valence electrons. The second-order valence-corrected chi connectivity index (χ2v) is 8.01. The van der Waals surface area contributed by atoms with Gasteiger partial charge in [-0.1, -0.05) is 6.07 Å². The minimum Gasteiger partial charge on any atom is -0.396 e. The van der Waals surface area contributed by atoms with Gasteiger partial charge < -0.3 is 11.1 Å². The van der Waals surface area contributed by atoms with Gasteiger partial charge in [0, 0.05) is 25.5 Å². The lowest BCUT2D eigenvalue weighted by atomic mass is 10.2. The maximum Gasteiger partial charge on any atom is 0.244 e. The van der Waals surface area contributed by atoms with Crippen molar-refractivity contribution >= 4 is 32.7 Å². The summed E-state index contributed by atoms with van der Waals surface area (Å²) < 4.78 is 25.6. The van der Waals surface area contributed by atoms with Crippen LogP contribution in [0.2, 0.25) is 0 Å². The molecule has 0 saturated heterocycles. The summed E-state index contributed by atoms with van der Waals surface area (Å²) in [6, 6.07) is 7.05. The summed E-state index contributed by atoms with van der Waals surface area (Å²) in [4.78, 5) is 1.33. The first kappa shape index (κ1) is 15.8. The number of benzene rings is 1. The standard InChI is InChI=1S/C14H19N3O2S2/c1-10-7-8-20-12(10)9-16-11-5-4-6-13(14(11)15)21(18,19)17(2)3/h4-8,16H,9,15H2,1-3H3. The van der Waals surface area contributed by atoms with Gasteiger partial charge in [-0.3, -0.25) is 0 Å². The van der Waals surface area contributed by atoms with Gasteiger partial charge in [0.25, 0.3) is 0 Å². The molecule has 21 heavy (non-hydrogen) atoms. The third-order valence-corrected chi connectivity index (χ3v) is 6.13. The van der Waals surface area contributed by atoms with Gasteiger partial charge in [0.2, 0.25) is 10.0 Å². The highest BCUT2D eigenvalue weighted by atomic mass is 32.2. The summed E-state index contributed by atoms with van der Waals surface area (Å²) in [5, 5.41) is 5.24. The Morgan fingerprint density at radius 2 is 2.00 bits per heavy atom. The molecular formula is C14H19N3O2S2. The lowest BCUT2D eigenvalue weighted by Gasteiger charge is -2.16. The van der Waals surface area contributed by atoms with Crippen LogP contribution >= 0.6 is 11.3 Å². The van der Waals surface area contributed by atoms with E-state index in [4.69, 9.17) is 5.73 Å². The van der Waals surface area contributed by atoms with Gasteiger partial charge in [-0.05, 0) is 36.1 Å².